The average Bonchev–Trinajstić information content (AvgIpc) is 2.03. The Morgan fingerprint density at radius 1 is 1.21 bits per heavy atom. The number of rotatable bonds is 2. The van der Waals surface area contributed by atoms with E-state index in [0.717, 1.165) is 0 Å². The van der Waals surface area contributed by atoms with Crippen molar-refractivity contribution in [3.63, 3.8) is 0 Å². The van der Waals surface area contributed by atoms with Crippen LogP contribution in [-0.2, 0) is 4.74 Å². The van der Waals surface area contributed by atoms with Crippen molar-refractivity contribution in [2.45, 2.75) is 24.6 Å². The fourth-order valence-electron chi connectivity index (χ4n) is 1.15. The number of hydrogen-bond donors (Lipinski definition) is 1. The van der Waals surface area contributed by atoms with Crippen molar-refractivity contribution in [2.24, 2.45) is 0 Å². The summed E-state index contributed by atoms with van der Waals surface area (Å²) >= 11 is 0. The molecule has 1 aliphatic heterocycles. The van der Waals surface area contributed by atoms with Crippen molar-refractivity contribution >= 4 is 0 Å². The minimum atomic E-state index is -5.49. The number of halogens is 5. The Balaban J connectivity index is 2.49. The Labute approximate surface area is 77.4 Å². The first-order chi connectivity index (χ1) is 6.33. The second-order valence-corrected chi connectivity index (χ2v) is 3.10. The van der Waals surface area contributed by atoms with Gasteiger partial charge in [0.15, 0.2) is 0 Å². The SMILES string of the molecule is FC(F)(F)C(F)(F)CC1CNCCO1. The van der Waals surface area contributed by atoms with Crippen LogP contribution in [0.15, 0.2) is 0 Å². The number of hydrogen-bond acceptors (Lipinski definition) is 2. The van der Waals surface area contributed by atoms with E-state index in [1.54, 1.807) is 0 Å². The molecule has 0 radical (unpaired) electrons. The Kier molecular flexibility index (Phi) is 3.31. The second kappa shape index (κ2) is 3.98. The van der Waals surface area contributed by atoms with Gasteiger partial charge in [0.1, 0.15) is 0 Å². The summed E-state index contributed by atoms with van der Waals surface area (Å²) in [7, 11) is 0. The van der Waals surface area contributed by atoms with E-state index in [9.17, 15) is 22.0 Å². The first-order valence-electron chi connectivity index (χ1n) is 4.10. The van der Waals surface area contributed by atoms with Crippen LogP contribution in [0.5, 0.6) is 0 Å². The van der Waals surface area contributed by atoms with E-state index in [4.69, 9.17) is 4.74 Å². The van der Waals surface area contributed by atoms with Gasteiger partial charge in [0.25, 0.3) is 0 Å². The fourth-order valence-corrected chi connectivity index (χ4v) is 1.15. The molecule has 0 aromatic heterocycles. The van der Waals surface area contributed by atoms with E-state index >= 15 is 0 Å². The molecule has 1 saturated heterocycles. The number of ether oxygens (including phenoxy) is 1. The van der Waals surface area contributed by atoms with Gasteiger partial charge in [0, 0.05) is 19.5 Å². The lowest BCUT2D eigenvalue weighted by molar-refractivity contribution is -0.291. The van der Waals surface area contributed by atoms with Crippen LogP contribution in [0.25, 0.3) is 0 Å². The van der Waals surface area contributed by atoms with Crippen LogP contribution in [0.2, 0.25) is 0 Å². The fraction of sp³-hybridized carbons (Fsp3) is 1.00. The van der Waals surface area contributed by atoms with Gasteiger partial charge >= 0.3 is 12.1 Å². The Hall–Kier alpha value is -0.430. The zero-order valence-corrected chi connectivity index (χ0v) is 7.20. The lowest BCUT2D eigenvalue weighted by Crippen LogP contribution is -2.46. The molecule has 1 atom stereocenters. The molecule has 0 saturated carbocycles. The third-order valence-electron chi connectivity index (χ3n) is 1.90. The van der Waals surface area contributed by atoms with Gasteiger partial charge in [-0.05, 0) is 0 Å². The molecule has 1 N–H and O–H groups in total. The molecule has 1 fully saturated rings. The van der Waals surface area contributed by atoms with E-state index in [2.05, 4.69) is 5.32 Å². The molecule has 0 bridgehead atoms. The first kappa shape index (κ1) is 11.6. The predicted octanol–water partition coefficient (Wildman–Crippen LogP) is 1.56. The molecule has 1 unspecified atom stereocenters. The lowest BCUT2D eigenvalue weighted by atomic mass is 10.1. The van der Waals surface area contributed by atoms with Gasteiger partial charge < -0.3 is 10.1 Å². The number of nitrogens with one attached hydrogen (secondary N) is 1. The molecule has 0 amide bonds. The number of alkyl halides is 5. The van der Waals surface area contributed by atoms with E-state index < -0.39 is 24.6 Å². The molecular weight excluding hydrogens is 209 g/mol. The highest BCUT2D eigenvalue weighted by atomic mass is 19.4. The Morgan fingerprint density at radius 3 is 2.29 bits per heavy atom. The van der Waals surface area contributed by atoms with Crippen molar-refractivity contribution in [1.82, 2.24) is 5.32 Å². The quantitative estimate of drug-likeness (QED) is 0.711. The largest absolute Gasteiger partial charge is 0.453 e. The molecule has 1 heterocycles. The van der Waals surface area contributed by atoms with Gasteiger partial charge in [-0.15, -0.1) is 0 Å². The topological polar surface area (TPSA) is 21.3 Å². The molecule has 2 nitrogen and oxygen atoms in total. The van der Waals surface area contributed by atoms with Crippen molar-refractivity contribution in [3.8, 4) is 0 Å². The van der Waals surface area contributed by atoms with E-state index in [1.165, 1.54) is 0 Å². The van der Waals surface area contributed by atoms with Crippen molar-refractivity contribution in [2.75, 3.05) is 19.7 Å². The predicted molar refractivity (Wildman–Crippen MR) is 38.2 cm³/mol. The van der Waals surface area contributed by atoms with Crippen molar-refractivity contribution < 1.29 is 26.7 Å². The molecule has 0 aromatic rings. The Bertz CT molecular complexity index is 187. The summed E-state index contributed by atoms with van der Waals surface area (Å²) in [6.07, 6.45) is -7.88. The summed E-state index contributed by atoms with van der Waals surface area (Å²) in [6.45, 7) is 0.679. The van der Waals surface area contributed by atoms with Gasteiger partial charge in [0.05, 0.1) is 12.7 Å². The van der Waals surface area contributed by atoms with Crippen LogP contribution < -0.4 is 5.32 Å². The lowest BCUT2D eigenvalue weighted by Gasteiger charge is -2.28. The van der Waals surface area contributed by atoms with Crippen molar-refractivity contribution in [3.05, 3.63) is 0 Å². The molecular formula is C7H10F5NO. The van der Waals surface area contributed by atoms with Crippen LogP contribution in [0.1, 0.15) is 6.42 Å². The van der Waals surface area contributed by atoms with Gasteiger partial charge in [0.2, 0.25) is 0 Å². The van der Waals surface area contributed by atoms with Crippen LogP contribution in [0.3, 0.4) is 0 Å². The van der Waals surface area contributed by atoms with Gasteiger partial charge in [-0.25, -0.2) is 0 Å². The minimum Gasteiger partial charge on any atom is -0.375 e. The second-order valence-electron chi connectivity index (χ2n) is 3.10. The smallest absolute Gasteiger partial charge is 0.375 e. The molecule has 1 aliphatic rings. The third-order valence-corrected chi connectivity index (χ3v) is 1.90. The molecule has 14 heavy (non-hydrogen) atoms. The maximum atomic E-state index is 12.5. The highest BCUT2D eigenvalue weighted by Crippen LogP contribution is 2.39. The molecule has 0 aliphatic carbocycles. The van der Waals surface area contributed by atoms with Crippen LogP contribution in [-0.4, -0.2) is 37.9 Å². The monoisotopic (exact) mass is 219 g/mol. The summed E-state index contributed by atoms with van der Waals surface area (Å²) in [5.41, 5.74) is 0. The molecule has 7 heteroatoms. The zero-order chi connectivity index (χ0) is 10.8. The maximum absolute atomic E-state index is 12.5. The molecule has 1 rings (SSSR count). The van der Waals surface area contributed by atoms with Crippen molar-refractivity contribution in [1.29, 1.82) is 0 Å². The van der Waals surface area contributed by atoms with Gasteiger partial charge in [-0.1, -0.05) is 0 Å². The Morgan fingerprint density at radius 2 is 1.86 bits per heavy atom. The van der Waals surface area contributed by atoms with Crippen LogP contribution >= 0.6 is 0 Å². The van der Waals surface area contributed by atoms with Crippen LogP contribution in [0.4, 0.5) is 22.0 Å². The maximum Gasteiger partial charge on any atom is 0.453 e. The third kappa shape index (κ3) is 2.78. The van der Waals surface area contributed by atoms with E-state index in [1.807, 2.05) is 0 Å². The molecule has 84 valence electrons. The first-order valence-corrected chi connectivity index (χ1v) is 4.10. The van der Waals surface area contributed by atoms with Gasteiger partial charge in [-0.2, -0.15) is 22.0 Å². The van der Waals surface area contributed by atoms with Gasteiger partial charge in [-0.3, -0.25) is 0 Å². The highest BCUT2D eigenvalue weighted by molar-refractivity contribution is 4.82. The normalized spacial score (nSPS) is 25.1. The van der Waals surface area contributed by atoms with Crippen LogP contribution in [0, 0.1) is 0 Å². The van der Waals surface area contributed by atoms with E-state index in [0.29, 0.717) is 6.54 Å². The van der Waals surface area contributed by atoms with E-state index in [-0.39, 0.29) is 13.2 Å². The summed E-state index contributed by atoms with van der Waals surface area (Å²) in [6, 6.07) is 0. The highest BCUT2D eigenvalue weighted by Gasteiger charge is 2.58. The summed E-state index contributed by atoms with van der Waals surface area (Å²) in [5, 5.41) is 2.68. The summed E-state index contributed by atoms with van der Waals surface area (Å²) < 4.78 is 65.0. The zero-order valence-electron chi connectivity index (χ0n) is 7.20. The summed E-state index contributed by atoms with van der Waals surface area (Å²) in [4.78, 5) is 0. The molecule has 0 spiro atoms. The molecule has 0 aromatic carbocycles. The minimum absolute atomic E-state index is 0.0334. The standard InChI is InChI=1S/C7H10F5NO/c8-6(9,7(10,11)12)3-5-4-13-1-2-14-5/h5,13H,1-4H2. The summed E-state index contributed by atoms with van der Waals surface area (Å²) in [5.74, 6) is -4.67. The number of morpholine rings is 1. The average molecular weight is 219 g/mol.